The molecule has 1 heterocycles. The minimum absolute atomic E-state index is 0.909. The maximum Gasteiger partial charge on any atom is 0.118 e. The molecule has 0 unspecified atom stereocenters. The zero-order valence-electron chi connectivity index (χ0n) is 11.1. The van der Waals surface area contributed by atoms with Crippen molar-refractivity contribution in [2.24, 2.45) is 0 Å². The highest BCUT2D eigenvalue weighted by molar-refractivity contribution is 5.29. The Morgan fingerprint density at radius 2 is 1.94 bits per heavy atom. The molecule has 0 aromatic heterocycles. The topological polar surface area (TPSA) is 24.5 Å². The van der Waals surface area contributed by atoms with Gasteiger partial charge >= 0.3 is 0 Å². The van der Waals surface area contributed by atoms with E-state index in [1.54, 1.807) is 7.11 Å². The van der Waals surface area contributed by atoms with Crippen LogP contribution in [0.2, 0.25) is 0 Å². The van der Waals surface area contributed by atoms with Crippen molar-refractivity contribution in [3.05, 3.63) is 42.0 Å². The fourth-order valence-electron chi connectivity index (χ4n) is 2.27. The molecule has 1 aromatic carbocycles. The average Bonchev–Trinajstić information content (AvgIpc) is 2.40. The van der Waals surface area contributed by atoms with Gasteiger partial charge in [0.25, 0.3) is 0 Å². The molecule has 0 amide bonds. The molecule has 0 saturated carbocycles. The second-order valence-corrected chi connectivity index (χ2v) is 4.80. The molecular weight excluding hydrogens is 224 g/mol. The third kappa shape index (κ3) is 3.86. The van der Waals surface area contributed by atoms with E-state index in [1.165, 1.54) is 11.1 Å². The fraction of sp³-hybridized carbons (Fsp3) is 0.467. The predicted molar refractivity (Wildman–Crippen MR) is 75.1 cm³/mol. The smallest absolute Gasteiger partial charge is 0.118 e. The van der Waals surface area contributed by atoms with E-state index >= 15 is 0 Å². The molecular formula is C15H22N2O. The molecule has 2 rings (SSSR count). The van der Waals surface area contributed by atoms with Gasteiger partial charge in [0.1, 0.15) is 5.75 Å². The Labute approximate surface area is 109 Å². The number of nitrogens with zero attached hydrogens (tertiary/aromatic N) is 1. The number of hydrogen-bond acceptors (Lipinski definition) is 3. The molecule has 1 N–H and O–H groups in total. The second kappa shape index (κ2) is 6.57. The number of ether oxygens (including phenoxy) is 1. The minimum atomic E-state index is 0.909. The molecule has 0 radical (unpaired) electrons. The molecule has 1 aliphatic heterocycles. The van der Waals surface area contributed by atoms with E-state index in [2.05, 4.69) is 28.9 Å². The van der Waals surface area contributed by atoms with Crippen LogP contribution >= 0.6 is 0 Å². The summed E-state index contributed by atoms with van der Waals surface area (Å²) in [5.74, 6) is 0.909. The van der Waals surface area contributed by atoms with Crippen LogP contribution in [0.25, 0.3) is 0 Å². The van der Waals surface area contributed by atoms with Gasteiger partial charge in [-0.25, -0.2) is 0 Å². The number of piperazine rings is 1. The molecule has 98 valence electrons. The van der Waals surface area contributed by atoms with Crippen molar-refractivity contribution < 1.29 is 4.74 Å². The number of hydrogen-bond donors (Lipinski definition) is 1. The van der Waals surface area contributed by atoms with Gasteiger partial charge < -0.3 is 10.1 Å². The Balaban J connectivity index is 1.82. The second-order valence-electron chi connectivity index (χ2n) is 4.80. The largest absolute Gasteiger partial charge is 0.497 e. The van der Waals surface area contributed by atoms with Gasteiger partial charge in [-0.3, -0.25) is 4.90 Å². The van der Waals surface area contributed by atoms with Crippen LogP contribution in [0.15, 0.2) is 36.4 Å². The normalized spacial score (nSPS) is 16.5. The lowest BCUT2D eigenvalue weighted by atomic mass is 10.1. The lowest BCUT2D eigenvalue weighted by molar-refractivity contribution is 0.258. The SMILES string of the molecule is C=C(Cc1ccc(OC)cc1)CN1CCNCC1. The zero-order chi connectivity index (χ0) is 12.8. The highest BCUT2D eigenvalue weighted by atomic mass is 16.5. The monoisotopic (exact) mass is 246 g/mol. The van der Waals surface area contributed by atoms with E-state index in [4.69, 9.17) is 4.74 Å². The first-order valence-electron chi connectivity index (χ1n) is 6.50. The molecule has 3 heteroatoms. The minimum Gasteiger partial charge on any atom is -0.497 e. The van der Waals surface area contributed by atoms with Crippen LogP contribution in [-0.4, -0.2) is 44.7 Å². The van der Waals surface area contributed by atoms with Gasteiger partial charge in [0, 0.05) is 32.7 Å². The number of rotatable bonds is 5. The lowest BCUT2D eigenvalue weighted by Gasteiger charge is -2.27. The van der Waals surface area contributed by atoms with Crippen LogP contribution in [0.4, 0.5) is 0 Å². The first kappa shape index (κ1) is 13.1. The quantitative estimate of drug-likeness (QED) is 0.800. The first-order valence-corrected chi connectivity index (χ1v) is 6.50. The molecule has 3 nitrogen and oxygen atoms in total. The van der Waals surface area contributed by atoms with Crippen LogP contribution in [0.1, 0.15) is 5.56 Å². The summed E-state index contributed by atoms with van der Waals surface area (Å²) in [6.45, 7) is 9.64. The van der Waals surface area contributed by atoms with Crippen molar-refractivity contribution in [3.63, 3.8) is 0 Å². The van der Waals surface area contributed by atoms with Gasteiger partial charge in [0.05, 0.1) is 7.11 Å². The van der Waals surface area contributed by atoms with Crippen LogP contribution < -0.4 is 10.1 Å². The molecule has 18 heavy (non-hydrogen) atoms. The van der Waals surface area contributed by atoms with Gasteiger partial charge in [-0.2, -0.15) is 0 Å². The van der Waals surface area contributed by atoms with E-state index in [-0.39, 0.29) is 0 Å². The van der Waals surface area contributed by atoms with Crippen molar-refractivity contribution in [1.29, 1.82) is 0 Å². The molecule has 1 fully saturated rings. The van der Waals surface area contributed by atoms with Crippen molar-refractivity contribution >= 4 is 0 Å². The summed E-state index contributed by atoms with van der Waals surface area (Å²) in [4.78, 5) is 2.46. The third-order valence-electron chi connectivity index (χ3n) is 3.27. The molecule has 0 spiro atoms. The zero-order valence-corrected chi connectivity index (χ0v) is 11.1. The van der Waals surface area contributed by atoms with Crippen LogP contribution in [0.5, 0.6) is 5.75 Å². The Hall–Kier alpha value is -1.32. The summed E-state index contributed by atoms with van der Waals surface area (Å²) < 4.78 is 5.16. The highest BCUT2D eigenvalue weighted by Crippen LogP contribution is 2.14. The van der Waals surface area contributed by atoms with Crippen molar-refractivity contribution in [2.75, 3.05) is 39.8 Å². The Morgan fingerprint density at radius 3 is 2.56 bits per heavy atom. The standard InChI is InChI=1S/C15H22N2O/c1-13(12-17-9-7-16-8-10-17)11-14-3-5-15(18-2)6-4-14/h3-6,16H,1,7-12H2,2H3. The van der Waals surface area contributed by atoms with Gasteiger partial charge in [-0.15, -0.1) is 0 Å². The summed E-state index contributed by atoms with van der Waals surface area (Å²) in [6.07, 6.45) is 0.952. The van der Waals surface area contributed by atoms with Gasteiger partial charge in [-0.1, -0.05) is 24.3 Å². The fourth-order valence-corrected chi connectivity index (χ4v) is 2.27. The van der Waals surface area contributed by atoms with E-state index in [1.807, 2.05) is 12.1 Å². The van der Waals surface area contributed by atoms with E-state index in [9.17, 15) is 0 Å². The van der Waals surface area contributed by atoms with Crippen molar-refractivity contribution in [2.45, 2.75) is 6.42 Å². The summed E-state index contributed by atoms with van der Waals surface area (Å²) in [7, 11) is 1.69. The van der Waals surface area contributed by atoms with Gasteiger partial charge in [-0.05, 0) is 24.1 Å². The van der Waals surface area contributed by atoms with E-state index in [0.29, 0.717) is 0 Å². The van der Waals surface area contributed by atoms with E-state index in [0.717, 1.165) is 44.9 Å². The Kier molecular flexibility index (Phi) is 4.79. The van der Waals surface area contributed by atoms with Crippen molar-refractivity contribution in [1.82, 2.24) is 10.2 Å². The highest BCUT2D eigenvalue weighted by Gasteiger charge is 2.10. The lowest BCUT2D eigenvalue weighted by Crippen LogP contribution is -2.44. The van der Waals surface area contributed by atoms with Crippen LogP contribution in [0.3, 0.4) is 0 Å². The molecule has 1 aliphatic rings. The maximum atomic E-state index is 5.16. The third-order valence-corrected chi connectivity index (χ3v) is 3.27. The number of nitrogens with one attached hydrogen (secondary N) is 1. The molecule has 0 bridgehead atoms. The summed E-state index contributed by atoms with van der Waals surface area (Å²) in [6, 6.07) is 8.24. The van der Waals surface area contributed by atoms with Crippen molar-refractivity contribution in [3.8, 4) is 5.75 Å². The molecule has 1 aromatic rings. The summed E-state index contributed by atoms with van der Waals surface area (Å²) in [5.41, 5.74) is 2.58. The van der Waals surface area contributed by atoms with Crippen LogP contribution in [0, 0.1) is 0 Å². The molecule has 0 aliphatic carbocycles. The molecule has 1 saturated heterocycles. The summed E-state index contributed by atoms with van der Waals surface area (Å²) in [5, 5.41) is 3.37. The Morgan fingerprint density at radius 1 is 1.28 bits per heavy atom. The number of benzene rings is 1. The van der Waals surface area contributed by atoms with Crippen LogP contribution in [-0.2, 0) is 6.42 Å². The van der Waals surface area contributed by atoms with Gasteiger partial charge in [0.15, 0.2) is 0 Å². The van der Waals surface area contributed by atoms with Gasteiger partial charge in [0.2, 0.25) is 0 Å². The number of methoxy groups -OCH3 is 1. The predicted octanol–water partition coefficient (Wildman–Crippen LogP) is 1.70. The Bertz CT molecular complexity index is 380. The average molecular weight is 246 g/mol. The van der Waals surface area contributed by atoms with E-state index < -0.39 is 0 Å². The molecule has 0 atom stereocenters. The summed E-state index contributed by atoms with van der Waals surface area (Å²) >= 11 is 0. The maximum absolute atomic E-state index is 5.16. The first-order chi connectivity index (χ1) is 8.78.